The number of carbonyl (C=O) groups is 2. The molecule has 1 aromatic heterocycles. The zero-order valence-corrected chi connectivity index (χ0v) is 15.9. The van der Waals surface area contributed by atoms with Crippen LogP contribution in [-0.4, -0.2) is 39.8 Å². The molecule has 142 valence electrons. The predicted molar refractivity (Wildman–Crippen MR) is 101 cm³/mol. The summed E-state index contributed by atoms with van der Waals surface area (Å²) in [5.41, 5.74) is 0.177. The summed E-state index contributed by atoms with van der Waals surface area (Å²) < 4.78 is 6.61. The third kappa shape index (κ3) is 3.65. The van der Waals surface area contributed by atoms with E-state index in [1.807, 2.05) is 6.92 Å². The lowest BCUT2D eigenvalue weighted by atomic mass is 10.0. The summed E-state index contributed by atoms with van der Waals surface area (Å²) in [4.78, 5) is 37.6. The van der Waals surface area contributed by atoms with Gasteiger partial charge in [-0.25, -0.2) is 9.59 Å². The first kappa shape index (κ1) is 19.3. The van der Waals surface area contributed by atoms with Crippen LogP contribution in [0.3, 0.4) is 0 Å². The van der Waals surface area contributed by atoms with Gasteiger partial charge in [-0.05, 0) is 19.1 Å². The number of carboxylic acids is 1. The molecule has 0 aliphatic carbocycles. The van der Waals surface area contributed by atoms with Crippen molar-refractivity contribution in [2.45, 2.75) is 20.0 Å². The van der Waals surface area contributed by atoms with E-state index in [-0.39, 0.29) is 29.4 Å². The van der Waals surface area contributed by atoms with Crippen LogP contribution in [0.2, 0.25) is 10.0 Å². The van der Waals surface area contributed by atoms with Crippen LogP contribution in [0.1, 0.15) is 23.0 Å². The Morgan fingerprint density at radius 3 is 2.52 bits per heavy atom. The fourth-order valence-corrected chi connectivity index (χ4v) is 3.40. The van der Waals surface area contributed by atoms with Crippen molar-refractivity contribution in [1.29, 1.82) is 0 Å². The minimum Gasteiger partial charge on any atom is -0.477 e. The number of carbonyl (C=O) groups excluding carboxylic acids is 1. The van der Waals surface area contributed by atoms with Crippen LogP contribution in [0, 0.1) is 0 Å². The third-order valence-electron chi connectivity index (χ3n) is 4.32. The summed E-state index contributed by atoms with van der Waals surface area (Å²) in [6, 6.07) is 5.92. The normalized spacial score (nSPS) is 13.7. The number of cyclic esters (lactones) is 1. The quantitative estimate of drug-likeness (QED) is 0.814. The molecule has 2 aromatic rings. The van der Waals surface area contributed by atoms with Crippen LogP contribution in [-0.2, 0) is 17.8 Å². The number of carboxylic acid groups (broad SMARTS) is 1. The maximum Gasteiger partial charge on any atom is 0.410 e. The number of rotatable bonds is 5. The zero-order chi connectivity index (χ0) is 19.7. The van der Waals surface area contributed by atoms with Gasteiger partial charge in [0.2, 0.25) is 0 Å². The second kappa shape index (κ2) is 7.62. The number of aromatic nitrogens is 1. The maximum atomic E-state index is 12.6. The third-order valence-corrected chi connectivity index (χ3v) is 5.06. The summed E-state index contributed by atoms with van der Waals surface area (Å²) in [6.45, 7) is 3.02. The molecule has 7 nitrogen and oxygen atoms in total. The SMILES string of the molecule is CCn1c(CN2CCOC2=O)cc(=O)c(C(=O)O)c1-c1ccc(Cl)c(Cl)c1. The maximum absolute atomic E-state index is 12.6. The average Bonchev–Trinajstić information content (AvgIpc) is 3.01. The molecule has 0 atom stereocenters. The monoisotopic (exact) mass is 410 g/mol. The molecule has 1 saturated heterocycles. The van der Waals surface area contributed by atoms with E-state index in [1.54, 1.807) is 16.7 Å². The molecule has 1 N–H and O–H groups in total. The van der Waals surface area contributed by atoms with E-state index < -0.39 is 17.5 Å². The van der Waals surface area contributed by atoms with Crippen LogP contribution in [0.4, 0.5) is 4.79 Å². The number of aromatic carboxylic acids is 1. The number of benzene rings is 1. The Morgan fingerprint density at radius 2 is 1.96 bits per heavy atom. The molecule has 1 fully saturated rings. The minimum atomic E-state index is -1.34. The molecule has 0 spiro atoms. The number of nitrogens with zero attached hydrogens (tertiary/aromatic N) is 2. The summed E-state index contributed by atoms with van der Waals surface area (Å²) >= 11 is 12.1. The fraction of sp³-hybridized carbons (Fsp3) is 0.278. The summed E-state index contributed by atoms with van der Waals surface area (Å²) in [5, 5.41) is 10.2. The van der Waals surface area contributed by atoms with Crippen molar-refractivity contribution < 1.29 is 19.4 Å². The number of amides is 1. The van der Waals surface area contributed by atoms with E-state index in [0.29, 0.717) is 29.4 Å². The molecule has 0 bridgehead atoms. The van der Waals surface area contributed by atoms with Gasteiger partial charge in [-0.1, -0.05) is 29.3 Å². The fourth-order valence-electron chi connectivity index (χ4n) is 3.10. The van der Waals surface area contributed by atoms with E-state index in [2.05, 4.69) is 0 Å². The van der Waals surface area contributed by atoms with E-state index in [0.717, 1.165) is 0 Å². The van der Waals surface area contributed by atoms with Gasteiger partial charge in [-0.15, -0.1) is 0 Å². The van der Waals surface area contributed by atoms with Crippen LogP contribution < -0.4 is 5.43 Å². The highest BCUT2D eigenvalue weighted by atomic mass is 35.5. The molecule has 2 heterocycles. The molecule has 1 aromatic carbocycles. The Balaban J connectivity index is 2.24. The molecule has 0 radical (unpaired) electrons. The van der Waals surface area contributed by atoms with Crippen molar-refractivity contribution in [1.82, 2.24) is 9.47 Å². The van der Waals surface area contributed by atoms with E-state index in [4.69, 9.17) is 27.9 Å². The van der Waals surface area contributed by atoms with Crippen LogP contribution in [0.5, 0.6) is 0 Å². The molecular formula is C18H16Cl2N2O5. The first-order valence-electron chi connectivity index (χ1n) is 8.20. The Morgan fingerprint density at radius 1 is 1.22 bits per heavy atom. The Kier molecular flexibility index (Phi) is 5.43. The van der Waals surface area contributed by atoms with Crippen molar-refractivity contribution in [2.75, 3.05) is 13.2 Å². The predicted octanol–water partition coefficient (Wildman–Crippen LogP) is 3.49. The Bertz CT molecular complexity index is 986. The topological polar surface area (TPSA) is 88.8 Å². The molecule has 0 saturated carbocycles. The van der Waals surface area contributed by atoms with Gasteiger partial charge in [0.1, 0.15) is 12.2 Å². The molecule has 3 rings (SSSR count). The molecule has 1 amide bonds. The van der Waals surface area contributed by atoms with Crippen molar-refractivity contribution in [3.8, 4) is 11.3 Å². The standard InChI is InChI=1S/C18H16Cl2N2O5/c1-2-22-11(9-21-5-6-27-18(21)26)8-14(23)15(17(24)25)16(22)10-3-4-12(19)13(20)7-10/h3-4,7-8H,2,5-6,9H2,1H3,(H,24,25). The Labute approximate surface area is 164 Å². The molecular weight excluding hydrogens is 395 g/mol. The highest BCUT2D eigenvalue weighted by Crippen LogP contribution is 2.31. The first-order valence-corrected chi connectivity index (χ1v) is 8.96. The molecule has 9 heteroatoms. The van der Waals surface area contributed by atoms with Gasteiger partial charge in [0.25, 0.3) is 0 Å². The number of ether oxygens (including phenoxy) is 1. The zero-order valence-electron chi connectivity index (χ0n) is 14.4. The lowest BCUT2D eigenvalue weighted by Crippen LogP contribution is -2.29. The van der Waals surface area contributed by atoms with Gasteiger partial charge >= 0.3 is 12.1 Å². The number of hydrogen-bond donors (Lipinski definition) is 1. The number of halogens is 2. The van der Waals surface area contributed by atoms with Crippen molar-refractivity contribution in [2.24, 2.45) is 0 Å². The number of hydrogen-bond acceptors (Lipinski definition) is 4. The largest absolute Gasteiger partial charge is 0.477 e. The van der Waals surface area contributed by atoms with Gasteiger partial charge in [0.15, 0.2) is 5.43 Å². The second-order valence-electron chi connectivity index (χ2n) is 5.94. The smallest absolute Gasteiger partial charge is 0.410 e. The van der Waals surface area contributed by atoms with E-state index in [1.165, 1.54) is 17.0 Å². The van der Waals surface area contributed by atoms with Crippen LogP contribution >= 0.6 is 23.2 Å². The Hall–Kier alpha value is -2.51. The minimum absolute atomic E-state index is 0.135. The molecule has 27 heavy (non-hydrogen) atoms. The summed E-state index contributed by atoms with van der Waals surface area (Å²) in [6.07, 6.45) is -0.469. The summed E-state index contributed by atoms with van der Waals surface area (Å²) in [5.74, 6) is -1.34. The highest BCUT2D eigenvalue weighted by molar-refractivity contribution is 6.42. The summed E-state index contributed by atoms with van der Waals surface area (Å²) in [7, 11) is 0. The molecule has 0 unspecified atom stereocenters. The highest BCUT2D eigenvalue weighted by Gasteiger charge is 2.26. The van der Waals surface area contributed by atoms with E-state index in [9.17, 15) is 19.5 Å². The first-order chi connectivity index (χ1) is 12.8. The number of pyridine rings is 1. The van der Waals surface area contributed by atoms with Gasteiger partial charge in [-0.2, -0.15) is 0 Å². The lowest BCUT2D eigenvalue weighted by Gasteiger charge is -2.22. The van der Waals surface area contributed by atoms with Gasteiger partial charge < -0.3 is 14.4 Å². The van der Waals surface area contributed by atoms with Gasteiger partial charge in [0.05, 0.1) is 28.8 Å². The molecule has 1 aliphatic rings. The van der Waals surface area contributed by atoms with Gasteiger partial charge in [-0.3, -0.25) is 9.69 Å². The van der Waals surface area contributed by atoms with Crippen molar-refractivity contribution in [3.63, 3.8) is 0 Å². The van der Waals surface area contributed by atoms with E-state index >= 15 is 0 Å². The lowest BCUT2D eigenvalue weighted by molar-refractivity contribution is 0.0695. The van der Waals surface area contributed by atoms with Crippen molar-refractivity contribution in [3.05, 3.63) is 55.8 Å². The van der Waals surface area contributed by atoms with Crippen molar-refractivity contribution >= 4 is 35.3 Å². The molecule has 1 aliphatic heterocycles. The average molecular weight is 411 g/mol. The van der Waals surface area contributed by atoms with Crippen LogP contribution in [0.25, 0.3) is 11.3 Å². The van der Waals surface area contributed by atoms with Gasteiger partial charge in [0, 0.05) is 23.9 Å². The second-order valence-corrected chi connectivity index (χ2v) is 6.75. The van der Waals surface area contributed by atoms with Crippen LogP contribution in [0.15, 0.2) is 29.1 Å².